The van der Waals surface area contributed by atoms with Gasteiger partial charge in [0.05, 0.1) is 12.2 Å². The van der Waals surface area contributed by atoms with Gasteiger partial charge in [-0.1, -0.05) is 5.21 Å². The van der Waals surface area contributed by atoms with Crippen molar-refractivity contribution in [2.45, 2.75) is 44.2 Å². The average molecular weight is 445 g/mol. The molecule has 1 fully saturated rings. The van der Waals surface area contributed by atoms with Crippen LogP contribution in [-0.4, -0.2) is 60.3 Å². The predicted molar refractivity (Wildman–Crippen MR) is 114 cm³/mol. The first kappa shape index (κ1) is 20.5. The normalized spacial score (nSPS) is 16.6. The van der Waals surface area contributed by atoms with E-state index in [1.54, 1.807) is 23.8 Å². The molecule has 0 atom stereocenters. The Balaban J connectivity index is 1.49. The van der Waals surface area contributed by atoms with Crippen LogP contribution in [0.4, 0.5) is 24.9 Å². The SMILES string of the molecule is CNc1nc(NC2CCC(F)(F)CC2)nn2ccc(-c3ccc4nnn(CCF)c4n3)c12. The molecule has 4 aromatic rings. The van der Waals surface area contributed by atoms with Gasteiger partial charge in [0.25, 0.3) is 0 Å². The Hall–Kier alpha value is -3.44. The molecule has 9 nitrogen and oxygen atoms in total. The molecule has 1 aliphatic rings. The fourth-order valence-electron chi connectivity index (χ4n) is 4.07. The molecule has 5 rings (SSSR count). The average Bonchev–Trinajstić information content (AvgIpc) is 3.39. The van der Waals surface area contributed by atoms with Gasteiger partial charge in [0.1, 0.15) is 17.7 Å². The maximum Gasteiger partial charge on any atom is 0.248 e. The summed E-state index contributed by atoms with van der Waals surface area (Å²) in [6.45, 7) is -0.484. The van der Waals surface area contributed by atoms with Gasteiger partial charge < -0.3 is 10.6 Å². The third-order valence-electron chi connectivity index (χ3n) is 5.73. The van der Waals surface area contributed by atoms with Crippen LogP contribution in [0.5, 0.6) is 0 Å². The summed E-state index contributed by atoms with van der Waals surface area (Å²) in [7, 11) is 1.75. The van der Waals surface area contributed by atoms with Crippen molar-refractivity contribution in [2.24, 2.45) is 0 Å². The monoisotopic (exact) mass is 445 g/mol. The van der Waals surface area contributed by atoms with Gasteiger partial charge in [0.2, 0.25) is 11.9 Å². The lowest BCUT2D eigenvalue weighted by atomic mass is 9.92. The quantitative estimate of drug-likeness (QED) is 0.469. The molecule has 0 aliphatic heterocycles. The fourth-order valence-corrected chi connectivity index (χ4v) is 4.07. The van der Waals surface area contributed by atoms with Crippen molar-refractivity contribution in [1.29, 1.82) is 0 Å². The molecule has 1 saturated carbocycles. The third-order valence-corrected chi connectivity index (χ3v) is 5.73. The molecular weight excluding hydrogens is 423 g/mol. The Kier molecular flexibility index (Phi) is 5.06. The van der Waals surface area contributed by atoms with Crippen LogP contribution in [0.25, 0.3) is 27.9 Å². The van der Waals surface area contributed by atoms with Gasteiger partial charge >= 0.3 is 0 Å². The number of hydrogen-bond acceptors (Lipinski definition) is 7. The number of hydrogen-bond donors (Lipinski definition) is 2. The highest BCUT2D eigenvalue weighted by Gasteiger charge is 2.35. The molecule has 0 amide bonds. The summed E-state index contributed by atoms with van der Waals surface area (Å²) >= 11 is 0. The summed E-state index contributed by atoms with van der Waals surface area (Å²) in [5.74, 6) is -1.65. The van der Waals surface area contributed by atoms with Crippen LogP contribution in [0.15, 0.2) is 24.4 Å². The van der Waals surface area contributed by atoms with Crippen LogP contribution >= 0.6 is 0 Å². The Morgan fingerprint density at radius 1 is 1.16 bits per heavy atom. The topological polar surface area (TPSA) is 97.9 Å². The van der Waals surface area contributed by atoms with Crippen molar-refractivity contribution in [2.75, 3.05) is 24.4 Å². The van der Waals surface area contributed by atoms with Crippen molar-refractivity contribution in [3.8, 4) is 11.3 Å². The third kappa shape index (κ3) is 3.69. The standard InChI is InChI=1S/C20H22F3N9/c1-24-17-16-13(14-2-3-15-18(26-14)32(11-9-21)30-28-15)6-10-31(16)29-19(27-17)25-12-4-7-20(22,23)8-5-12/h2-3,6,10,12H,4-5,7-9,11H2,1H3,(H2,24,25,27,29). The second-order valence-corrected chi connectivity index (χ2v) is 7.87. The summed E-state index contributed by atoms with van der Waals surface area (Å²) in [5, 5.41) is 18.8. The van der Waals surface area contributed by atoms with Crippen LogP contribution in [0.2, 0.25) is 0 Å². The largest absolute Gasteiger partial charge is 0.371 e. The minimum absolute atomic E-state index is 0.0798. The highest BCUT2D eigenvalue weighted by molar-refractivity contribution is 5.89. The second-order valence-electron chi connectivity index (χ2n) is 7.87. The van der Waals surface area contributed by atoms with E-state index in [1.807, 2.05) is 12.1 Å². The number of fused-ring (bicyclic) bond motifs is 2. The van der Waals surface area contributed by atoms with Gasteiger partial charge in [-0.2, -0.15) is 4.98 Å². The van der Waals surface area contributed by atoms with E-state index in [9.17, 15) is 13.2 Å². The maximum absolute atomic E-state index is 13.4. The molecule has 12 heteroatoms. The van der Waals surface area contributed by atoms with Gasteiger partial charge in [-0.25, -0.2) is 27.4 Å². The number of pyridine rings is 1. The number of aryl methyl sites for hydroxylation is 1. The Labute approximate surface area is 181 Å². The smallest absolute Gasteiger partial charge is 0.248 e. The molecule has 0 radical (unpaired) electrons. The van der Waals surface area contributed by atoms with E-state index in [4.69, 9.17) is 0 Å². The first-order valence-corrected chi connectivity index (χ1v) is 10.5. The lowest BCUT2D eigenvalue weighted by molar-refractivity contribution is -0.0361. The van der Waals surface area contributed by atoms with Gasteiger partial charge in [-0.3, -0.25) is 0 Å². The lowest BCUT2D eigenvalue weighted by Gasteiger charge is -2.28. The van der Waals surface area contributed by atoms with E-state index < -0.39 is 12.6 Å². The minimum atomic E-state index is -2.59. The molecule has 168 valence electrons. The van der Waals surface area contributed by atoms with Crippen molar-refractivity contribution >= 4 is 28.4 Å². The molecule has 4 aromatic heterocycles. The second kappa shape index (κ2) is 7.92. The highest BCUT2D eigenvalue weighted by atomic mass is 19.3. The van der Waals surface area contributed by atoms with Crippen LogP contribution in [0, 0.1) is 0 Å². The number of aromatic nitrogens is 7. The molecule has 0 aromatic carbocycles. The van der Waals surface area contributed by atoms with Crippen LogP contribution < -0.4 is 10.6 Å². The van der Waals surface area contributed by atoms with Crippen molar-refractivity contribution < 1.29 is 13.2 Å². The van der Waals surface area contributed by atoms with E-state index in [0.717, 1.165) is 5.56 Å². The molecule has 2 N–H and O–H groups in total. The number of halogens is 3. The van der Waals surface area contributed by atoms with Crippen LogP contribution in [-0.2, 0) is 6.54 Å². The molecule has 0 bridgehead atoms. The number of nitrogens with zero attached hydrogens (tertiary/aromatic N) is 7. The summed E-state index contributed by atoms with van der Waals surface area (Å²) in [4.78, 5) is 9.20. The first-order chi connectivity index (χ1) is 15.5. The van der Waals surface area contributed by atoms with Crippen molar-refractivity contribution in [3.63, 3.8) is 0 Å². The molecular formula is C20H22F3N9. The Bertz CT molecular complexity index is 1260. The van der Waals surface area contributed by atoms with Gasteiger partial charge in [-0.15, -0.1) is 10.2 Å². The molecule has 0 saturated heterocycles. The lowest BCUT2D eigenvalue weighted by Crippen LogP contribution is -2.32. The van der Waals surface area contributed by atoms with Gasteiger partial charge in [-0.05, 0) is 31.0 Å². The van der Waals surface area contributed by atoms with E-state index >= 15 is 0 Å². The molecule has 32 heavy (non-hydrogen) atoms. The summed E-state index contributed by atoms with van der Waals surface area (Å²) < 4.78 is 42.8. The van der Waals surface area contributed by atoms with Crippen molar-refractivity contribution in [3.05, 3.63) is 24.4 Å². The Morgan fingerprint density at radius 2 is 1.97 bits per heavy atom. The van der Waals surface area contributed by atoms with Gasteiger partial charge in [0.15, 0.2) is 11.5 Å². The van der Waals surface area contributed by atoms with E-state index in [1.165, 1.54) is 4.68 Å². The number of anilines is 2. The summed E-state index contributed by atoms with van der Waals surface area (Å²) in [6, 6.07) is 5.38. The van der Waals surface area contributed by atoms with Crippen molar-refractivity contribution in [1.82, 2.24) is 34.6 Å². The van der Waals surface area contributed by atoms with Crippen LogP contribution in [0.3, 0.4) is 0 Å². The number of nitrogens with one attached hydrogen (secondary N) is 2. The van der Waals surface area contributed by atoms with E-state index in [-0.39, 0.29) is 25.4 Å². The molecule has 0 unspecified atom stereocenters. The molecule has 0 spiro atoms. The molecule has 4 heterocycles. The Morgan fingerprint density at radius 3 is 2.72 bits per heavy atom. The minimum Gasteiger partial charge on any atom is -0.371 e. The highest BCUT2D eigenvalue weighted by Crippen LogP contribution is 2.34. The zero-order valence-corrected chi connectivity index (χ0v) is 17.4. The summed E-state index contributed by atoms with van der Waals surface area (Å²) in [5.41, 5.74) is 3.23. The number of rotatable bonds is 6. The van der Waals surface area contributed by atoms with Gasteiger partial charge in [0, 0.05) is 37.7 Å². The first-order valence-electron chi connectivity index (χ1n) is 10.5. The molecule has 1 aliphatic carbocycles. The van der Waals surface area contributed by atoms with Crippen LogP contribution in [0.1, 0.15) is 25.7 Å². The fraction of sp³-hybridized carbons (Fsp3) is 0.450. The number of alkyl halides is 3. The summed E-state index contributed by atoms with van der Waals surface area (Å²) in [6.07, 6.45) is 2.24. The van der Waals surface area contributed by atoms with E-state index in [0.29, 0.717) is 47.0 Å². The van der Waals surface area contributed by atoms with E-state index in [2.05, 4.69) is 36.0 Å². The zero-order valence-electron chi connectivity index (χ0n) is 17.4. The predicted octanol–water partition coefficient (Wildman–Crippen LogP) is 3.54. The zero-order chi connectivity index (χ0) is 22.3. The maximum atomic E-state index is 13.4.